The lowest BCUT2D eigenvalue weighted by atomic mass is 9.90. The van der Waals surface area contributed by atoms with Crippen molar-refractivity contribution in [2.75, 3.05) is 12.3 Å². The molecule has 0 fully saturated rings. The Kier molecular flexibility index (Phi) is 5.73. The minimum Gasteiger partial charge on any atom is -0.494 e. The first-order valence-corrected chi connectivity index (χ1v) is 9.20. The molecule has 0 bridgehead atoms. The quantitative estimate of drug-likeness (QED) is 0.656. The van der Waals surface area contributed by atoms with E-state index in [2.05, 4.69) is 24.9 Å². The van der Waals surface area contributed by atoms with Crippen molar-refractivity contribution in [1.29, 1.82) is 5.26 Å². The van der Waals surface area contributed by atoms with E-state index in [4.69, 9.17) is 10.5 Å². The molecule has 3 rings (SSSR count). The van der Waals surface area contributed by atoms with Gasteiger partial charge in [0, 0.05) is 11.1 Å². The van der Waals surface area contributed by atoms with Crippen LogP contribution in [0.15, 0.2) is 54.6 Å². The summed E-state index contributed by atoms with van der Waals surface area (Å²) in [5.41, 5.74) is 11.2. The van der Waals surface area contributed by atoms with Gasteiger partial charge in [-0.25, -0.2) is 4.98 Å². The van der Waals surface area contributed by atoms with Crippen LogP contribution < -0.4 is 10.5 Å². The summed E-state index contributed by atoms with van der Waals surface area (Å²) in [4.78, 5) is 4.56. The summed E-state index contributed by atoms with van der Waals surface area (Å²) in [7, 11) is 0. The smallest absolute Gasteiger partial charge is 0.142 e. The first kappa shape index (κ1) is 18.5. The van der Waals surface area contributed by atoms with E-state index in [1.807, 2.05) is 54.6 Å². The minimum absolute atomic E-state index is 0.259. The molecular weight excluding hydrogens is 334 g/mol. The molecule has 4 nitrogen and oxygen atoms in total. The number of pyridine rings is 1. The van der Waals surface area contributed by atoms with Gasteiger partial charge in [-0.2, -0.15) is 5.26 Å². The zero-order chi connectivity index (χ0) is 19.2. The van der Waals surface area contributed by atoms with Gasteiger partial charge in [-0.15, -0.1) is 0 Å². The number of ether oxygens (including phenoxy) is 1. The molecule has 4 heteroatoms. The van der Waals surface area contributed by atoms with E-state index in [9.17, 15) is 5.26 Å². The maximum atomic E-state index is 9.72. The van der Waals surface area contributed by atoms with Crippen LogP contribution in [-0.4, -0.2) is 11.6 Å². The summed E-state index contributed by atoms with van der Waals surface area (Å²) in [6.07, 6.45) is 1.71. The Morgan fingerprint density at radius 3 is 2.30 bits per heavy atom. The monoisotopic (exact) mass is 357 g/mol. The van der Waals surface area contributed by atoms with Gasteiger partial charge in [0.2, 0.25) is 0 Å². The highest BCUT2D eigenvalue weighted by Gasteiger charge is 2.19. The Hall–Kier alpha value is -3.32. The second-order valence-electron chi connectivity index (χ2n) is 6.28. The van der Waals surface area contributed by atoms with E-state index in [-0.39, 0.29) is 5.82 Å². The van der Waals surface area contributed by atoms with Gasteiger partial charge in [0.1, 0.15) is 23.2 Å². The van der Waals surface area contributed by atoms with Crippen LogP contribution >= 0.6 is 0 Å². The molecule has 0 aliphatic rings. The Bertz CT molecular complexity index is 958. The Morgan fingerprint density at radius 2 is 1.70 bits per heavy atom. The predicted octanol–water partition coefficient (Wildman–Crippen LogP) is 5.22. The maximum Gasteiger partial charge on any atom is 0.142 e. The van der Waals surface area contributed by atoms with Gasteiger partial charge in [0.25, 0.3) is 0 Å². The third-order valence-corrected chi connectivity index (χ3v) is 4.45. The third kappa shape index (κ3) is 3.78. The van der Waals surface area contributed by atoms with Gasteiger partial charge in [-0.3, -0.25) is 0 Å². The van der Waals surface area contributed by atoms with Crippen LogP contribution in [0.2, 0.25) is 0 Å². The molecule has 0 amide bonds. The number of hydrogen-bond acceptors (Lipinski definition) is 4. The van der Waals surface area contributed by atoms with Crippen LogP contribution in [0.25, 0.3) is 22.4 Å². The van der Waals surface area contributed by atoms with E-state index in [0.29, 0.717) is 12.2 Å². The summed E-state index contributed by atoms with van der Waals surface area (Å²) in [6, 6.07) is 20.0. The fourth-order valence-corrected chi connectivity index (χ4v) is 3.19. The number of nitrogen functional groups attached to an aromatic ring is 1. The van der Waals surface area contributed by atoms with Crippen molar-refractivity contribution < 1.29 is 4.74 Å². The average Bonchev–Trinajstić information content (AvgIpc) is 2.72. The molecule has 0 atom stereocenters. The first-order valence-electron chi connectivity index (χ1n) is 9.20. The van der Waals surface area contributed by atoms with Crippen LogP contribution in [-0.2, 0) is 6.42 Å². The van der Waals surface area contributed by atoms with Gasteiger partial charge in [0.05, 0.1) is 12.3 Å². The molecular formula is C23H23N3O. The van der Waals surface area contributed by atoms with E-state index in [0.717, 1.165) is 46.5 Å². The van der Waals surface area contributed by atoms with Crippen molar-refractivity contribution in [3.05, 3.63) is 65.7 Å². The van der Waals surface area contributed by atoms with E-state index < -0.39 is 0 Å². The lowest BCUT2D eigenvalue weighted by molar-refractivity contribution is 0.317. The molecule has 2 aromatic carbocycles. The lowest BCUT2D eigenvalue weighted by Gasteiger charge is -2.17. The van der Waals surface area contributed by atoms with Crippen molar-refractivity contribution in [1.82, 2.24) is 4.98 Å². The van der Waals surface area contributed by atoms with Gasteiger partial charge in [-0.1, -0.05) is 56.3 Å². The van der Waals surface area contributed by atoms with Crippen LogP contribution in [0.1, 0.15) is 31.4 Å². The number of nitriles is 1. The van der Waals surface area contributed by atoms with Crippen molar-refractivity contribution in [2.45, 2.75) is 26.7 Å². The SMILES string of the molecule is CCCOc1ccc(-c2c(C#N)c(N)nc(-c3ccccc3)c2CC)cc1. The molecule has 27 heavy (non-hydrogen) atoms. The van der Waals surface area contributed by atoms with E-state index >= 15 is 0 Å². The van der Waals surface area contributed by atoms with Gasteiger partial charge in [0.15, 0.2) is 0 Å². The van der Waals surface area contributed by atoms with E-state index in [1.54, 1.807) is 0 Å². The predicted molar refractivity (Wildman–Crippen MR) is 109 cm³/mol. The number of rotatable bonds is 6. The molecule has 3 aromatic rings. The fraction of sp³-hybridized carbons (Fsp3) is 0.217. The Morgan fingerprint density at radius 1 is 1.00 bits per heavy atom. The molecule has 0 aliphatic carbocycles. The van der Waals surface area contributed by atoms with Crippen molar-refractivity contribution in [3.63, 3.8) is 0 Å². The molecule has 0 aliphatic heterocycles. The Labute approximate surface area is 160 Å². The number of hydrogen-bond donors (Lipinski definition) is 1. The molecule has 0 saturated heterocycles. The standard InChI is InChI=1S/C23H23N3O/c1-3-14-27-18-12-10-16(11-13-18)21-19(4-2)22(17-8-6-5-7-9-17)26-23(25)20(21)15-24/h5-13H,3-4,14H2,1-2H3,(H2,25,26). The van der Waals surface area contributed by atoms with Crippen LogP contribution in [0.3, 0.4) is 0 Å². The third-order valence-electron chi connectivity index (χ3n) is 4.45. The summed E-state index contributed by atoms with van der Waals surface area (Å²) in [6.45, 7) is 4.83. The molecule has 0 saturated carbocycles. The number of nitrogens with zero attached hydrogens (tertiary/aromatic N) is 2. The van der Waals surface area contributed by atoms with Gasteiger partial charge >= 0.3 is 0 Å². The molecule has 136 valence electrons. The molecule has 0 unspecified atom stereocenters. The van der Waals surface area contributed by atoms with Crippen LogP contribution in [0.5, 0.6) is 5.75 Å². The Balaban J connectivity index is 2.19. The van der Waals surface area contributed by atoms with Gasteiger partial charge in [-0.05, 0) is 36.1 Å². The van der Waals surface area contributed by atoms with E-state index in [1.165, 1.54) is 0 Å². The highest BCUT2D eigenvalue weighted by molar-refractivity contribution is 5.84. The highest BCUT2D eigenvalue weighted by Crippen LogP contribution is 2.37. The second kappa shape index (κ2) is 8.37. The molecule has 0 radical (unpaired) electrons. The zero-order valence-corrected chi connectivity index (χ0v) is 15.7. The maximum absolute atomic E-state index is 9.72. The number of anilines is 1. The van der Waals surface area contributed by atoms with Crippen LogP contribution in [0.4, 0.5) is 5.82 Å². The highest BCUT2D eigenvalue weighted by atomic mass is 16.5. The number of nitrogens with two attached hydrogens (primary N) is 1. The van der Waals surface area contributed by atoms with Crippen molar-refractivity contribution >= 4 is 5.82 Å². The first-order chi connectivity index (χ1) is 13.2. The topological polar surface area (TPSA) is 71.9 Å². The summed E-state index contributed by atoms with van der Waals surface area (Å²) in [5.74, 6) is 1.08. The van der Waals surface area contributed by atoms with Crippen LogP contribution in [0, 0.1) is 11.3 Å². The van der Waals surface area contributed by atoms with Gasteiger partial charge < -0.3 is 10.5 Å². The molecule has 2 N–H and O–H groups in total. The number of benzene rings is 2. The summed E-state index contributed by atoms with van der Waals surface area (Å²) < 4.78 is 5.67. The lowest BCUT2D eigenvalue weighted by Crippen LogP contribution is -2.05. The van der Waals surface area contributed by atoms with Crippen molar-refractivity contribution in [2.24, 2.45) is 0 Å². The second-order valence-corrected chi connectivity index (χ2v) is 6.28. The minimum atomic E-state index is 0.259. The largest absolute Gasteiger partial charge is 0.494 e. The zero-order valence-electron chi connectivity index (χ0n) is 15.7. The fourth-order valence-electron chi connectivity index (χ4n) is 3.19. The normalized spacial score (nSPS) is 10.4. The molecule has 0 spiro atoms. The summed E-state index contributed by atoms with van der Waals surface area (Å²) >= 11 is 0. The molecule has 1 heterocycles. The molecule has 1 aromatic heterocycles. The average molecular weight is 357 g/mol. The van der Waals surface area contributed by atoms with Crippen molar-refractivity contribution in [3.8, 4) is 34.2 Å². The number of aromatic nitrogens is 1. The summed E-state index contributed by atoms with van der Waals surface area (Å²) in [5, 5.41) is 9.72.